The van der Waals surface area contributed by atoms with Gasteiger partial charge >= 0.3 is 5.97 Å². The third-order valence-electron chi connectivity index (χ3n) is 9.21. The van der Waals surface area contributed by atoms with E-state index < -0.39 is 5.97 Å². The van der Waals surface area contributed by atoms with Crippen LogP contribution in [0, 0.1) is 0 Å². The quantitative estimate of drug-likeness (QED) is 0.0596. The molecule has 0 aromatic carbocycles. The molecule has 0 saturated heterocycles. The van der Waals surface area contributed by atoms with Gasteiger partial charge in [0.05, 0.1) is 145 Å². The van der Waals surface area contributed by atoms with Crippen molar-refractivity contribution >= 4 is 5.97 Å². The standard InChI is InChI=1S/C45H90O14/c1-2-3-4-5-6-7-8-9-10-11-12-13-14-15-16-17-18-19-20-21-48-22-23-49-24-25-50-26-27-51-28-29-52-30-31-53-32-33-54-34-35-55-36-37-56-38-39-57-40-41-58-42-43-59-44-45(46)47/h2-44H2,1H3,(H,46,47). The molecular formula is C45H90O14. The van der Waals surface area contributed by atoms with Crippen LogP contribution >= 0.6 is 0 Å². The lowest BCUT2D eigenvalue weighted by atomic mass is 10.0. The molecule has 0 bridgehead atoms. The van der Waals surface area contributed by atoms with Gasteiger partial charge in [0.2, 0.25) is 0 Å². The third kappa shape index (κ3) is 57.0. The molecule has 1 N–H and O–H groups in total. The Morgan fingerprint density at radius 3 is 0.627 bits per heavy atom. The minimum Gasteiger partial charge on any atom is -0.480 e. The Bertz CT molecular complexity index is 766. The first-order chi connectivity index (χ1) is 29.3. The topological polar surface area (TPSA) is 148 Å². The highest BCUT2D eigenvalue weighted by molar-refractivity contribution is 5.67. The Hall–Kier alpha value is -1.01. The molecule has 14 heteroatoms. The van der Waals surface area contributed by atoms with Crippen molar-refractivity contribution in [2.75, 3.05) is 159 Å². The van der Waals surface area contributed by atoms with Gasteiger partial charge < -0.3 is 61.9 Å². The van der Waals surface area contributed by atoms with Gasteiger partial charge in [-0.05, 0) is 6.42 Å². The summed E-state index contributed by atoms with van der Waals surface area (Å²) in [7, 11) is 0. The lowest BCUT2D eigenvalue weighted by Gasteiger charge is -2.09. The summed E-state index contributed by atoms with van der Waals surface area (Å²) in [4.78, 5) is 10.3. The summed E-state index contributed by atoms with van der Waals surface area (Å²) in [6.07, 6.45) is 26.5. The third-order valence-corrected chi connectivity index (χ3v) is 9.21. The highest BCUT2D eigenvalue weighted by atomic mass is 16.6. The molecule has 354 valence electrons. The Labute approximate surface area is 359 Å². The summed E-state index contributed by atoms with van der Waals surface area (Å²) in [5.74, 6) is -0.993. The molecule has 0 spiro atoms. The fourth-order valence-electron chi connectivity index (χ4n) is 5.86. The first kappa shape index (κ1) is 58.0. The van der Waals surface area contributed by atoms with Gasteiger partial charge in [-0.1, -0.05) is 122 Å². The van der Waals surface area contributed by atoms with Crippen LogP contribution < -0.4 is 0 Å². The van der Waals surface area contributed by atoms with Gasteiger partial charge in [0.15, 0.2) is 0 Å². The molecule has 0 heterocycles. The normalized spacial score (nSPS) is 11.6. The molecule has 14 nitrogen and oxygen atoms in total. The highest BCUT2D eigenvalue weighted by Gasteiger charge is 1.99. The summed E-state index contributed by atoms with van der Waals surface area (Å²) in [6, 6.07) is 0. The second kappa shape index (κ2) is 55.0. The Kier molecular flexibility index (Phi) is 54.1. The summed E-state index contributed by atoms with van der Waals surface area (Å²) in [5, 5.41) is 8.45. The summed E-state index contributed by atoms with van der Waals surface area (Å²) < 4.78 is 65.3. The smallest absolute Gasteiger partial charge is 0.329 e. The Balaban J connectivity index is 3.06. The van der Waals surface area contributed by atoms with Gasteiger partial charge in [-0.2, -0.15) is 0 Å². The average molecular weight is 855 g/mol. The van der Waals surface area contributed by atoms with E-state index in [1.54, 1.807) is 0 Å². The van der Waals surface area contributed by atoms with Crippen LogP contribution in [0.1, 0.15) is 129 Å². The van der Waals surface area contributed by atoms with Gasteiger partial charge in [0, 0.05) is 6.61 Å². The molecule has 0 fully saturated rings. The lowest BCUT2D eigenvalue weighted by Crippen LogP contribution is -2.15. The minimum absolute atomic E-state index is 0.243. The molecule has 0 aliphatic carbocycles. The molecule has 0 rings (SSSR count). The second-order valence-electron chi connectivity index (χ2n) is 14.5. The zero-order valence-corrected chi connectivity index (χ0v) is 37.7. The number of carboxylic acids is 1. The highest BCUT2D eigenvalue weighted by Crippen LogP contribution is 2.14. The molecule has 0 saturated carbocycles. The van der Waals surface area contributed by atoms with Gasteiger partial charge in [-0.25, -0.2) is 4.79 Å². The van der Waals surface area contributed by atoms with Crippen LogP contribution in [0.25, 0.3) is 0 Å². The molecule has 0 amide bonds. The average Bonchev–Trinajstić information content (AvgIpc) is 3.23. The first-order valence-electron chi connectivity index (χ1n) is 23.4. The predicted molar refractivity (Wildman–Crippen MR) is 231 cm³/mol. The number of hydrogen-bond acceptors (Lipinski definition) is 13. The number of hydrogen-bond donors (Lipinski definition) is 1. The van der Waals surface area contributed by atoms with Crippen molar-refractivity contribution in [3.05, 3.63) is 0 Å². The summed E-state index contributed by atoms with van der Waals surface area (Å²) >= 11 is 0. The van der Waals surface area contributed by atoms with Crippen molar-refractivity contribution in [3.63, 3.8) is 0 Å². The maximum atomic E-state index is 10.3. The SMILES string of the molecule is CCCCCCCCCCCCCCCCCCCCCOCCOCCOCCOCCOCCOCCOCCOCCOCCOCCOCCOCC(=O)O. The summed E-state index contributed by atoms with van der Waals surface area (Å²) in [5.41, 5.74) is 0. The number of ether oxygens (including phenoxy) is 12. The number of aliphatic carboxylic acids is 1. The van der Waals surface area contributed by atoms with Crippen LogP contribution in [-0.4, -0.2) is 170 Å². The molecule has 0 aromatic heterocycles. The van der Waals surface area contributed by atoms with Crippen LogP contribution in [0.2, 0.25) is 0 Å². The van der Waals surface area contributed by atoms with Gasteiger partial charge in [0.25, 0.3) is 0 Å². The van der Waals surface area contributed by atoms with E-state index in [4.69, 9.17) is 61.9 Å². The van der Waals surface area contributed by atoms with Crippen LogP contribution in [0.15, 0.2) is 0 Å². The number of rotatable bonds is 55. The van der Waals surface area contributed by atoms with Crippen molar-refractivity contribution < 1.29 is 66.7 Å². The monoisotopic (exact) mass is 855 g/mol. The fraction of sp³-hybridized carbons (Fsp3) is 0.978. The van der Waals surface area contributed by atoms with E-state index in [-0.39, 0.29) is 13.2 Å². The molecule has 0 unspecified atom stereocenters. The largest absolute Gasteiger partial charge is 0.480 e. The lowest BCUT2D eigenvalue weighted by molar-refractivity contribution is -0.142. The maximum Gasteiger partial charge on any atom is 0.329 e. The van der Waals surface area contributed by atoms with Crippen LogP contribution in [0.3, 0.4) is 0 Å². The maximum absolute atomic E-state index is 10.3. The van der Waals surface area contributed by atoms with Crippen LogP contribution in [0.4, 0.5) is 0 Å². The number of unbranched alkanes of at least 4 members (excludes halogenated alkanes) is 18. The van der Waals surface area contributed by atoms with Crippen molar-refractivity contribution in [2.24, 2.45) is 0 Å². The van der Waals surface area contributed by atoms with Crippen LogP contribution in [-0.2, 0) is 61.6 Å². The van der Waals surface area contributed by atoms with Crippen molar-refractivity contribution in [1.29, 1.82) is 0 Å². The molecule has 0 aliphatic heterocycles. The molecule has 0 aromatic rings. The zero-order chi connectivity index (χ0) is 42.5. The molecule has 0 atom stereocenters. The van der Waals surface area contributed by atoms with Crippen LogP contribution in [0.5, 0.6) is 0 Å². The molecule has 0 aliphatic rings. The van der Waals surface area contributed by atoms with Gasteiger partial charge in [-0.15, -0.1) is 0 Å². The van der Waals surface area contributed by atoms with Crippen molar-refractivity contribution in [3.8, 4) is 0 Å². The summed E-state index contributed by atoms with van der Waals surface area (Å²) in [6.45, 7) is 13.6. The molecular weight excluding hydrogens is 764 g/mol. The number of carbonyl (C=O) groups is 1. The van der Waals surface area contributed by atoms with Gasteiger partial charge in [0.1, 0.15) is 6.61 Å². The van der Waals surface area contributed by atoms with E-state index in [0.29, 0.717) is 139 Å². The van der Waals surface area contributed by atoms with E-state index >= 15 is 0 Å². The van der Waals surface area contributed by atoms with E-state index in [9.17, 15) is 4.79 Å². The van der Waals surface area contributed by atoms with E-state index in [0.717, 1.165) is 13.0 Å². The minimum atomic E-state index is -0.993. The Morgan fingerprint density at radius 1 is 0.254 bits per heavy atom. The van der Waals surface area contributed by atoms with Crippen molar-refractivity contribution in [1.82, 2.24) is 0 Å². The predicted octanol–water partition coefficient (Wildman–Crippen LogP) is 7.70. The van der Waals surface area contributed by atoms with E-state index in [2.05, 4.69) is 6.92 Å². The van der Waals surface area contributed by atoms with Crippen molar-refractivity contribution in [2.45, 2.75) is 129 Å². The fourth-order valence-corrected chi connectivity index (χ4v) is 5.86. The van der Waals surface area contributed by atoms with E-state index in [1.807, 2.05) is 0 Å². The second-order valence-corrected chi connectivity index (χ2v) is 14.5. The molecule has 59 heavy (non-hydrogen) atoms. The number of carboxylic acid groups (broad SMARTS) is 1. The Morgan fingerprint density at radius 2 is 0.424 bits per heavy atom. The molecule has 0 radical (unpaired) electrons. The van der Waals surface area contributed by atoms with Gasteiger partial charge in [-0.3, -0.25) is 0 Å². The van der Waals surface area contributed by atoms with E-state index in [1.165, 1.54) is 116 Å². The first-order valence-corrected chi connectivity index (χ1v) is 23.4. The zero-order valence-electron chi connectivity index (χ0n) is 37.7.